The molecule has 1 N–H and O–H groups in total. The minimum Gasteiger partial charge on any atom is -0.506 e. The van der Waals surface area contributed by atoms with Crippen molar-refractivity contribution >= 4 is 27.6 Å². The predicted octanol–water partition coefficient (Wildman–Crippen LogP) is 4.16. The van der Waals surface area contributed by atoms with Crippen LogP contribution in [0.1, 0.15) is 41.5 Å². The molecule has 0 saturated carbocycles. The van der Waals surface area contributed by atoms with E-state index in [4.69, 9.17) is 9.47 Å². The van der Waals surface area contributed by atoms with Crippen LogP contribution in [0.5, 0.6) is 5.75 Å². The van der Waals surface area contributed by atoms with Crippen molar-refractivity contribution in [3.8, 4) is 5.75 Å². The Labute approximate surface area is 160 Å². The topological polar surface area (TPSA) is 106 Å². The Hall–Kier alpha value is -2.29. The largest absolute Gasteiger partial charge is 0.506 e. The molecule has 0 aliphatic rings. The summed E-state index contributed by atoms with van der Waals surface area (Å²) in [4.78, 5) is 25.4. The monoisotopic (exact) mass is 400 g/mol. The third-order valence-electron chi connectivity index (χ3n) is 3.06. The van der Waals surface area contributed by atoms with E-state index >= 15 is 0 Å². The molecule has 0 aliphatic heterocycles. The number of hydrogen-bond acceptors (Lipinski definition) is 6. The van der Waals surface area contributed by atoms with Gasteiger partial charge >= 0.3 is 12.2 Å². The van der Waals surface area contributed by atoms with Crippen LogP contribution in [0.2, 0.25) is 0 Å². The second-order valence-corrected chi connectivity index (χ2v) is 10.3. The van der Waals surface area contributed by atoms with E-state index in [-0.39, 0.29) is 16.3 Å². The Morgan fingerprint density at radius 1 is 1.07 bits per heavy atom. The number of aromatic hydroxyl groups is 1. The van der Waals surface area contributed by atoms with Gasteiger partial charge in [-0.1, -0.05) is 0 Å². The maximum Gasteiger partial charge on any atom is 0.442 e. The quantitative estimate of drug-likeness (QED) is 0.799. The second kappa shape index (κ2) is 7.75. The Balaban J connectivity index is 3.26. The van der Waals surface area contributed by atoms with Crippen molar-refractivity contribution in [2.75, 3.05) is 18.2 Å². The SMILES string of the molecule is CN(C(=O)OC(C)(C)C)c1cc(S(C)(=O)=NC(=O)OC(C)(C)C)ccc1O. The maximum atomic E-state index is 12.9. The summed E-state index contributed by atoms with van der Waals surface area (Å²) in [6.45, 7) is 10.2. The molecule has 0 heterocycles. The highest BCUT2D eigenvalue weighted by atomic mass is 32.2. The summed E-state index contributed by atoms with van der Waals surface area (Å²) >= 11 is 0. The molecule has 1 rings (SSSR count). The van der Waals surface area contributed by atoms with Crippen LogP contribution in [-0.2, 0) is 19.2 Å². The van der Waals surface area contributed by atoms with E-state index in [1.165, 1.54) is 31.5 Å². The molecule has 0 bridgehead atoms. The Morgan fingerprint density at radius 2 is 1.59 bits per heavy atom. The molecule has 1 unspecified atom stereocenters. The Bertz CT molecular complexity index is 842. The van der Waals surface area contributed by atoms with Crippen LogP contribution < -0.4 is 4.90 Å². The molecule has 0 saturated heterocycles. The van der Waals surface area contributed by atoms with Gasteiger partial charge in [-0.3, -0.25) is 4.90 Å². The summed E-state index contributed by atoms with van der Waals surface area (Å²) in [6, 6.07) is 3.98. The van der Waals surface area contributed by atoms with Crippen LogP contribution in [0.15, 0.2) is 27.5 Å². The number of amides is 2. The molecule has 152 valence electrons. The molecule has 27 heavy (non-hydrogen) atoms. The first-order chi connectivity index (χ1) is 12.0. The van der Waals surface area contributed by atoms with Crippen molar-refractivity contribution in [1.29, 1.82) is 0 Å². The highest BCUT2D eigenvalue weighted by Crippen LogP contribution is 2.31. The molecular formula is C18H28N2O6S. The van der Waals surface area contributed by atoms with Crippen LogP contribution in [0.25, 0.3) is 0 Å². The van der Waals surface area contributed by atoms with Crippen LogP contribution >= 0.6 is 0 Å². The van der Waals surface area contributed by atoms with Crippen molar-refractivity contribution in [1.82, 2.24) is 0 Å². The lowest BCUT2D eigenvalue weighted by molar-refractivity contribution is 0.0583. The molecule has 1 atom stereocenters. The highest BCUT2D eigenvalue weighted by molar-refractivity contribution is 7.93. The van der Waals surface area contributed by atoms with Gasteiger partial charge in [0.1, 0.15) is 17.0 Å². The normalized spacial score (nSPS) is 14.1. The second-order valence-electron chi connectivity index (χ2n) is 8.06. The van der Waals surface area contributed by atoms with E-state index in [0.29, 0.717) is 0 Å². The fraction of sp³-hybridized carbons (Fsp3) is 0.556. The van der Waals surface area contributed by atoms with Gasteiger partial charge in [-0.15, -0.1) is 4.36 Å². The number of phenolic OH excluding ortho intramolecular Hbond substituents is 1. The molecule has 9 heteroatoms. The van der Waals surface area contributed by atoms with E-state index in [1.54, 1.807) is 41.5 Å². The first-order valence-electron chi connectivity index (χ1n) is 8.27. The van der Waals surface area contributed by atoms with Crippen LogP contribution in [0.3, 0.4) is 0 Å². The number of hydrogen-bond donors (Lipinski definition) is 1. The van der Waals surface area contributed by atoms with Crippen molar-refractivity contribution in [3.63, 3.8) is 0 Å². The first-order valence-corrected chi connectivity index (χ1v) is 10.2. The van der Waals surface area contributed by atoms with Gasteiger partial charge in [0.15, 0.2) is 0 Å². The average molecular weight is 400 g/mol. The minimum absolute atomic E-state index is 0.0794. The van der Waals surface area contributed by atoms with E-state index < -0.39 is 33.1 Å². The molecule has 0 aromatic heterocycles. The van der Waals surface area contributed by atoms with Crippen molar-refractivity contribution < 1.29 is 28.4 Å². The zero-order valence-electron chi connectivity index (χ0n) is 17.0. The summed E-state index contributed by atoms with van der Waals surface area (Å²) < 4.78 is 26.9. The van der Waals surface area contributed by atoms with Gasteiger partial charge in [0.2, 0.25) is 0 Å². The van der Waals surface area contributed by atoms with Crippen molar-refractivity contribution in [2.45, 2.75) is 57.6 Å². The number of nitrogens with zero attached hydrogens (tertiary/aromatic N) is 2. The van der Waals surface area contributed by atoms with Crippen LogP contribution in [0.4, 0.5) is 15.3 Å². The number of carbonyl (C=O) groups excluding carboxylic acids is 2. The van der Waals surface area contributed by atoms with Gasteiger partial charge in [0, 0.05) is 13.3 Å². The zero-order chi connectivity index (χ0) is 21.2. The van der Waals surface area contributed by atoms with Gasteiger partial charge in [-0.25, -0.2) is 13.8 Å². The van der Waals surface area contributed by atoms with Crippen molar-refractivity contribution in [3.05, 3.63) is 18.2 Å². The van der Waals surface area contributed by atoms with Crippen LogP contribution in [-0.4, -0.2) is 46.0 Å². The number of rotatable bonds is 2. The van der Waals surface area contributed by atoms with E-state index in [2.05, 4.69) is 4.36 Å². The number of benzene rings is 1. The molecule has 1 aromatic carbocycles. The summed E-state index contributed by atoms with van der Waals surface area (Å²) in [5.41, 5.74) is -1.41. The summed E-state index contributed by atoms with van der Waals surface area (Å²) in [5, 5.41) is 10.1. The van der Waals surface area contributed by atoms with Gasteiger partial charge in [-0.05, 0) is 59.7 Å². The van der Waals surface area contributed by atoms with Gasteiger partial charge < -0.3 is 14.6 Å². The minimum atomic E-state index is -3.15. The van der Waals surface area contributed by atoms with Gasteiger partial charge in [0.05, 0.1) is 20.3 Å². The molecule has 8 nitrogen and oxygen atoms in total. The smallest absolute Gasteiger partial charge is 0.442 e. The fourth-order valence-corrected chi connectivity index (χ4v) is 2.99. The fourth-order valence-electron chi connectivity index (χ4n) is 1.91. The molecule has 0 spiro atoms. The van der Waals surface area contributed by atoms with E-state index in [9.17, 15) is 18.9 Å². The zero-order valence-corrected chi connectivity index (χ0v) is 17.8. The van der Waals surface area contributed by atoms with Crippen molar-refractivity contribution in [2.24, 2.45) is 4.36 Å². The lowest BCUT2D eigenvalue weighted by Gasteiger charge is -2.25. The third-order valence-corrected chi connectivity index (χ3v) is 4.68. The third kappa shape index (κ3) is 7.09. The number of phenols is 1. The van der Waals surface area contributed by atoms with E-state index in [0.717, 1.165) is 4.90 Å². The lowest BCUT2D eigenvalue weighted by Crippen LogP contribution is -2.34. The number of ether oxygens (including phenoxy) is 2. The predicted molar refractivity (Wildman–Crippen MR) is 104 cm³/mol. The summed E-state index contributed by atoms with van der Waals surface area (Å²) in [5.74, 6) is -0.209. The molecule has 0 fully saturated rings. The van der Waals surface area contributed by atoms with Gasteiger partial charge in [-0.2, -0.15) is 0 Å². The molecule has 0 radical (unpaired) electrons. The maximum absolute atomic E-state index is 12.9. The summed E-state index contributed by atoms with van der Waals surface area (Å²) in [6.07, 6.45) is -0.368. The molecule has 0 aliphatic carbocycles. The molecular weight excluding hydrogens is 372 g/mol. The molecule has 2 amide bonds. The Morgan fingerprint density at radius 3 is 2.07 bits per heavy atom. The average Bonchev–Trinajstić information content (AvgIpc) is 2.42. The van der Waals surface area contributed by atoms with Crippen LogP contribution in [0, 0.1) is 0 Å². The van der Waals surface area contributed by atoms with Gasteiger partial charge in [0.25, 0.3) is 0 Å². The van der Waals surface area contributed by atoms with E-state index in [1.807, 2.05) is 0 Å². The lowest BCUT2D eigenvalue weighted by atomic mass is 10.2. The Kier molecular flexibility index (Phi) is 6.53. The number of anilines is 1. The standard InChI is InChI=1S/C18H28N2O6S/c1-17(2,3)25-15(22)19-27(8,24)12-9-10-14(21)13(11-12)20(7)16(23)26-18(4,5)6/h9-11,21H,1-8H3. The molecule has 1 aromatic rings. The highest BCUT2D eigenvalue weighted by Gasteiger charge is 2.24. The first kappa shape index (κ1) is 22.8. The number of carbonyl (C=O) groups is 2. The summed E-state index contributed by atoms with van der Waals surface area (Å²) in [7, 11) is -1.74.